The van der Waals surface area contributed by atoms with Gasteiger partial charge >= 0.3 is 0 Å². The molecule has 0 amide bonds. The van der Waals surface area contributed by atoms with Crippen LogP contribution < -0.4 is 5.73 Å². The van der Waals surface area contributed by atoms with Gasteiger partial charge in [-0.2, -0.15) is 0 Å². The Morgan fingerprint density at radius 3 is 3.00 bits per heavy atom. The molecule has 0 aliphatic carbocycles. The van der Waals surface area contributed by atoms with E-state index < -0.39 is 0 Å². The Labute approximate surface area is 114 Å². The summed E-state index contributed by atoms with van der Waals surface area (Å²) in [5.74, 6) is -0.217. The molecule has 1 aliphatic rings. The van der Waals surface area contributed by atoms with Crippen molar-refractivity contribution in [2.24, 2.45) is 5.73 Å². The standard InChI is InChI=1S/C15H23FN2O/c1-3-6-18-7-8-19-14(10-18)15(17)13-5-4-12(16)9-11(13)2/h4-5,9,14-15H,3,6-8,10,17H2,1-2H3. The molecule has 2 rings (SSSR count). The molecule has 1 fully saturated rings. The van der Waals surface area contributed by atoms with Crippen LogP contribution in [-0.4, -0.2) is 37.2 Å². The summed E-state index contributed by atoms with van der Waals surface area (Å²) in [6, 6.07) is 4.58. The van der Waals surface area contributed by atoms with Gasteiger partial charge in [-0.15, -0.1) is 0 Å². The second-order valence-electron chi connectivity index (χ2n) is 5.24. The van der Waals surface area contributed by atoms with Crippen molar-refractivity contribution in [2.45, 2.75) is 32.4 Å². The van der Waals surface area contributed by atoms with E-state index in [-0.39, 0.29) is 18.0 Å². The van der Waals surface area contributed by atoms with Crippen LogP contribution in [0.4, 0.5) is 4.39 Å². The number of aryl methyl sites for hydroxylation is 1. The van der Waals surface area contributed by atoms with E-state index in [4.69, 9.17) is 10.5 Å². The van der Waals surface area contributed by atoms with Gasteiger partial charge in [0.1, 0.15) is 5.82 Å². The third-order valence-corrected chi connectivity index (χ3v) is 3.71. The summed E-state index contributed by atoms with van der Waals surface area (Å²) in [7, 11) is 0. The van der Waals surface area contributed by atoms with E-state index in [0.717, 1.165) is 43.8 Å². The highest BCUT2D eigenvalue weighted by molar-refractivity contribution is 5.30. The first-order valence-corrected chi connectivity index (χ1v) is 6.97. The quantitative estimate of drug-likeness (QED) is 0.908. The van der Waals surface area contributed by atoms with Crippen LogP contribution >= 0.6 is 0 Å². The van der Waals surface area contributed by atoms with Gasteiger partial charge in [-0.05, 0) is 43.1 Å². The van der Waals surface area contributed by atoms with Gasteiger partial charge in [0.05, 0.1) is 18.8 Å². The minimum atomic E-state index is -0.217. The first-order chi connectivity index (χ1) is 9.11. The molecule has 0 spiro atoms. The van der Waals surface area contributed by atoms with Crippen LogP contribution in [0.3, 0.4) is 0 Å². The van der Waals surface area contributed by atoms with Gasteiger partial charge in [0.2, 0.25) is 0 Å². The maximum atomic E-state index is 13.1. The highest BCUT2D eigenvalue weighted by Crippen LogP contribution is 2.23. The average molecular weight is 266 g/mol. The molecule has 0 saturated carbocycles. The molecule has 1 heterocycles. The van der Waals surface area contributed by atoms with Crippen LogP contribution in [0.15, 0.2) is 18.2 Å². The summed E-state index contributed by atoms with van der Waals surface area (Å²) >= 11 is 0. The minimum Gasteiger partial charge on any atom is -0.374 e. The Balaban J connectivity index is 2.07. The van der Waals surface area contributed by atoms with Gasteiger partial charge in [0, 0.05) is 13.1 Å². The van der Waals surface area contributed by atoms with Crippen LogP contribution in [0.1, 0.15) is 30.5 Å². The number of nitrogens with two attached hydrogens (primary N) is 1. The van der Waals surface area contributed by atoms with E-state index in [1.165, 1.54) is 12.1 Å². The van der Waals surface area contributed by atoms with E-state index in [1.54, 1.807) is 6.07 Å². The molecule has 2 N–H and O–H groups in total. The lowest BCUT2D eigenvalue weighted by Crippen LogP contribution is -2.47. The molecule has 0 radical (unpaired) electrons. The van der Waals surface area contributed by atoms with Crippen molar-refractivity contribution in [3.05, 3.63) is 35.1 Å². The zero-order valence-electron chi connectivity index (χ0n) is 11.7. The summed E-state index contributed by atoms with van der Waals surface area (Å²) < 4.78 is 18.9. The predicted molar refractivity (Wildman–Crippen MR) is 74.5 cm³/mol. The molecular formula is C15H23FN2O. The van der Waals surface area contributed by atoms with E-state index in [0.29, 0.717) is 0 Å². The zero-order valence-corrected chi connectivity index (χ0v) is 11.7. The van der Waals surface area contributed by atoms with Crippen molar-refractivity contribution in [2.75, 3.05) is 26.2 Å². The van der Waals surface area contributed by atoms with Gasteiger partial charge in [0.15, 0.2) is 0 Å². The summed E-state index contributed by atoms with van der Waals surface area (Å²) in [5.41, 5.74) is 8.17. The second-order valence-corrected chi connectivity index (χ2v) is 5.24. The Hall–Kier alpha value is -0.970. The molecule has 1 aromatic rings. The molecule has 106 valence electrons. The van der Waals surface area contributed by atoms with Crippen molar-refractivity contribution in [1.82, 2.24) is 4.90 Å². The molecule has 2 unspecified atom stereocenters. The van der Waals surface area contributed by atoms with Gasteiger partial charge in [0.25, 0.3) is 0 Å². The fraction of sp³-hybridized carbons (Fsp3) is 0.600. The van der Waals surface area contributed by atoms with Crippen molar-refractivity contribution in [3.63, 3.8) is 0 Å². The summed E-state index contributed by atoms with van der Waals surface area (Å²) in [4.78, 5) is 2.38. The largest absolute Gasteiger partial charge is 0.374 e. The van der Waals surface area contributed by atoms with Gasteiger partial charge in [-0.1, -0.05) is 13.0 Å². The third-order valence-electron chi connectivity index (χ3n) is 3.71. The second kappa shape index (κ2) is 6.46. The first-order valence-electron chi connectivity index (χ1n) is 6.97. The SMILES string of the molecule is CCCN1CCOC(C(N)c2ccc(F)cc2C)C1. The highest BCUT2D eigenvalue weighted by atomic mass is 19.1. The van der Waals surface area contributed by atoms with Gasteiger partial charge in [-0.3, -0.25) is 4.90 Å². The monoisotopic (exact) mass is 266 g/mol. The Kier molecular flexibility index (Phi) is 4.91. The highest BCUT2D eigenvalue weighted by Gasteiger charge is 2.27. The van der Waals surface area contributed by atoms with Gasteiger partial charge in [-0.25, -0.2) is 4.39 Å². The van der Waals surface area contributed by atoms with Crippen molar-refractivity contribution in [1.29, 1.82) is 0 Å². The maximum absolute atomic E-state index is 13.1. The van der Waals surface area contributed by atoms with Crippen LogP contribution in [-0.2, 0) is 4.74 Å². The minimum absolute atomic E-state index is 0.00976. The first kappa shape index (κ1) is 14.4. The Morgan fingerprint density at radius 2 is 2.32 bits per heavy atom. The lowest BCUT2D eigenvalue weighted by Gasteiger charge is -2.36. The van der Waals surface area contributed by atoms with E-state index in [2.05, 4.69) is 11.8 Å². The van der Waals surface area contributed by atoms with Crippen LogP contribution in [0.2, 0.25) is 0 Å². The topological polar surface area (TPSA) is 38.5 Å². The Bertz CT molecular complexity index is 423. The average Bonchev–Trinajstić information content (AvgIpc) is 2.39. The van der Waals surface area contributed by atoms with Crippen LogP contribution in [0, 0.1) is 12.7 Å². The zero-order chi connectivity index (χ0) is 13.8. The molecule has 0 aromatic heterocycles. The molecule has 0 bridgehead atoms. The van der Waals surface area contributed by atoms with E-state index in [9.17, 15) is 4.39 Å². The van der Waals surface area contributed by atoms with E-state index >= 15 is 0 Å². The summed E-state index contributed by atoms with van der Waals surface area (Å²) in [5, 5.41) is 0. The molecule has 19 heavy (non-hydrogen) atoms. The molecular weight excluding hydrogens is 243 g/mol. The molecule has 1 aliphatic heterocycles. The summed E-state index contributed by atoms with van der Waals surface area (Å²) in [6.07, 6.45) is 1.13. The third kappa shape index (κ3) is 3.53. The van der Waals surface area contributed by atoms with Crippen molar-refractivity contribution in [3.8, 4) is 0 Å². The fourth-order valence-electron chi connectivity index (χ4n) is 2.68. The fourth-order valence-corrected chi connectivity index (χ4v) is 2.68. The number of morpholine rings is 1. The smallest absolute Gasteiger partial charge is 0.123 e. The Morgan fingerprint density at radius 1 is 1.53 bits per heavy atom. The maximum Gasteiger partial charge on any atom is 0.123 e. The predicted octanol–water partition coefficient (Wildman–Crippen LogP) is 2.24. The summed E-state index contributed by atoms with van der Waals surface area (Å²) in [6.45, 7) is 7.69. The molecule has 1 saturated heterocycles. The van der Waals surface area contributed by atoms with Gasteiger partial charge < -0.3 is 10.5 Å². The molecule has 1 aromatic carbocycles. The van der Waals surface area contributed by atoms with Crippen LogP contribution in [0.25, 0.3) is 0 Å². The number of nitrogens with zero attached hydrogens (tertiary/aromatic N) is 1. The normalized spacial score (nSPS) is 22.4. The lowest BCUT2D eigenvalue weighted by atomic mass is 9.96. The number of rotatable bonds is 4. The van der Waals surface area contributed by atoms with Crippen molar-refractivity contribution < 1.29 is 9.13 Å². The molecule has 2 atom stereocenters. The van der Waals surface area contributed by atoms with Crippen LogP contribution in [0.5, 0.6) is 0 Å². The number of hydrogen-bond donors (Lipinski definition) is 1. The number of benzene rings is 1. The molecule has 4 heteroatoms. The lowest BCUT2D eigenvalue weighted by molar-refractivity contribution is -0.0408. The number of ether oxygens (including phenoxy) is 1. The number of halogens is 1. The van der Waals surface area contributed by atoms with E-state index in [1.807, 2.05) is 6.92 Å². The van der Waals surface area contributed by atoms with Crippen molar-refractivity contribution >= 4 is 0 Å². The number of hydrogen-bond acceptors (Lipinski definition) is 3. The molecule has 3 nitrogen and oxygen atoms in total.